The van der Waals surface area contributed by atoms with Crippen LogP contribution >= 0.6 is 11.8 Å². The summed E-state index contributed by atoms with van der Waals surface area (Å²) >= 11 is 1.42. The fourth-order valence-corrected chi connectivity index (χ4v) is 2.73. The van der Waals surface area contributed by atoms with Gasteiger partial charge in [-0.25, -0.2) is 4.39 Å². The average Bonchev–Trinajstić information content (AvgIpc) is 2.61. The van der Waals surface area contributed by atoms with Gasteiger partial charge in [-0.3, -0.25) is 14.9 Å². The van der Waals surface area contributed by atoms with E-state index in [2.05, 4.69) is 5.32 Å². The van der Waals surface area contributed by atoms with Crippen LogP contribution in [0.1, 0.15) is 5.56 Å². The number of nitro groups is 1. The topological polar surface area (TPSA) is 81.5 Å². The van der Waals surface area contributed by atoms with Gasteiger partial charge in [0.25, 0.3) is 5.69 Å². The highest BCUT2D eigenvalue weighted by molar-refractivity contribution is 7.99. The van der Waals surface area contributed by atoms with Crippen LogP contribution in [0.15, 0.2) is 48.5 Å². The van der Waals surface area contributed by atoms with Crippen LogP contribution in [-0.2, 0) is 10.5 Å². The molecule has 132 valence electrons. The number of rotatable bonds is 9. The van der Waals surface area contributed by atoms with Crippen molar-refractivity contribution in [2.45, 2.75) is 5.75 Å². The molecule has 0 unspecified atom stereocenters. The zero-order chi connectivity index (χ0) is 18.1. The van der Waals surface area contributed by atoms with E-state index < -0.39 is 4.92 Å². The third-order valence-corrected chi connectivity index (χ3v) is 4.16. The number of nitrogens with zero attached hydrogens (tertiary/aromatic N) is 1. The zero-order valence-corrected chi connectivity index (χ0v) is 14.1. The standard InChI is InChI=1S/C17H17FN2O4S/c18-14-3-7-16(8-4-14)24-10-9-19-17(21)12-25-11-13-1-5-15(6-2-13)20(22)23/h1-8H,9-12H2,(H,19,21). The Hall–Kier alpha value is -2.61. The molecule has 0 saturated heterocycles. The van der Waals surface area contributed by atoms with Gasteiger partial charge in [0.05, 0.1) is 17.2 Å². The van der Waals surface area contributed by atoms with Crippen LogP contribution in [0.3, 0.4) is 0 Å². The molecular weight excluding hydrogens is 347 g/mol. The number of nitro benzene ring substituents is 1. The van der Waals surface area contributed by atoms with Gasteiger partial charge in [0, 0.05) is 17.9 Å². The molecule has 0 radical (unpaired) electrons. The number of amides is 1. The molecule has 1 N–H and O–H groups in total. The predicted molar refractivity (Wildman–Crippen MR) is 94.2 cm³/mol. The van der Waals surface area contributed by atoms with Crippen LogP contribution in [0, 0.1) is 15.9 Å². The Morgan fingerprint density at radius 2 is 1.84 bits per heavy atom. The summed E-state index contributed by atoms with van der Waals surface area (Å²) in [5, 5.41) is 13.3. The lowest BCUT2D eigenvalue weighted by molar-refractivity contribution is -0.384. The van der Waals surface area contributed by atoms with Gasteiger partial charge < -0.3 is 10.1 Å². The maximum Gasteiger partial charge on any atom is 0.269 e. The Kier molecular flexibility index (Phi) is 7.21. The number of hydrogen-bond donors (Lipinski definition) is 1. The molecule has 0 bridgehead atoms. The van der Waals surface area contributed by atoms with Crippen LogP contribution in [0.2, 0.25) is 0 Å². The van der Waals surface area contributed by atoms with Gasteiger partial charge in [-0.15, -0.1) is 11.8 Å². The van der Waals surface area contributed by atoms with Crippen molar-refractivity contribution in [1.29, 1.82) is 0 Å². The van der Waals surface area contributed by atoms with Crippen LogP contribution in [0.5, 0.6) is 5.75 Å². The Labute approximate surface area is 148 Å². The summed E-state index contributed by atoms with van der Waals surface area (Å²) in [4.78, 5) is 21.8. The molecule has 0 aromatic heterocycles. The summed E-state index contributed by atoms with van der Waals surface area (Å²) < 4.78 is 18.1. The summed E-state index contributed by atoms with van der Waals surface area (Å²) in [7, 11) is 0. The third-order valence-electron chi connectivity index (χ3n) is 3.16. The molecular formula is C17H17FN2O4S. The maximum atomic E-state index is 12.7. The molecule has 25 heavy (non-hydrogen) atoms. The van der Waals surface area contributed by atoms with E-state index in [0.717, 1.165) is 5.56 Å². The molecule has 2 aromatic rings. The molecule has 6 nitrogen and oxygen atoms in total. The number of halogens is 1. The number of non-ortho nitro benzene ring substituents is 1. The van der Waals surface area contributed by atoms with E-state index in [9.17, 15) is 19.3 Å². The number of benzene rings is 2. The lowest BCUT2D eigenvalue weighted by Gasteiger charge is -2.07. The second kappa shape index (κ2) is 9.63. The lowest BCUT2D eigenvalue weighted by Crippen LogP contribution is -2.29. The Morgan fingerprint density at radius 3 is 2.48 bits per heavy atom. The Balaban J connectivity index is 1.59. The minimum Gasteiger partial charge on any atom is -0.492 e. The van der Waals surface area contributed by atoms with Gasteiger partial charge in [0.1, 0.15) is 18.2 Å². The Bertz CT molecular complexity index is 708. The highest BCUT2D eigenvalue weighted by Gasteiger charge is 2.05. The van der Waals surface area contributed by atoms with E-state index in [4.69, 9.17) is 4.74 Å². The van der Waals surface area contributed by atoms with Gasteiger partial charge in [0.2, 0.25) is 5.91 Å². The van der Waals surface area contributed by atoms with Crippen LogP contribution in [0.4, 0.5) is 10.1 Å². The van der Waals surface area contributed by atoms with E-state index >= 15 is 0 Å². The fourth-order valence-electron chi connectivity index (χ4n) is 1.92. The second-order valence-electron chi connectivity index (χ2n) is 5.07. The first kappa shape index (κ1) is 18.7. The maximum absolute atomic E-state index is 12.7. The summed E-state index contributed by atoms with van der Waals surface area (Å²) in [5.74, 6) is 0.980. The van der Waals surface area contributed by atoms with Crippen LogP contribution in [0.25, 0.3) is 0 Å². The molecule has 0 aliphatic rings. The van der Waals surface area contributed by atoms with Crippen molar-refractivity contribution in [3.63, 3.8) is 0 Å². The van der Waals surface area contributed by atoms with Crippen molar-refractivity contribution in [2.24, 2.45) is 0 Å². The van der Waals surface area contributed by atoms with E-state index in [-0.39, 0.29) is 23.2 Å². The van der Waals surface area contributed by atoms with Crippen molar-refractivity contribution >= 4 is 23.4 Å². The molecule has 0 aliphatic carbocycles. The van der Waals surface area contributed by atoms with Gasteiger partial charge in [-0.1, -0.05) is 12.1 Å². The lowest BCUT2D eigenvalue weighted by atomic mass is 10.2. The van der Waals surface area contributed by atoms with Gasteiger partial charge in [-0.05, 0) is 29.8 Å². The molecule has 1 amide bonds. The van der Waals surface area contributed by atoms with Crippen molar-refractivity contribution < 1.29 is 18.8 Å². The van der Waals surface area contributed by atoms with Crippen molar-refractivity contribution in [2.75, 3.05) is 18.9 Å². The first-order valence-corrected chi connectivity index (χ1v) is 8.66. The number of hydrogen-bond acceptors (Lipinski definition) is 5. The third kappa shape index (κ3) is 6.80. The van der Waals surface area contributed by atoms with Gasteiger partial charge in [0.15, 0.2) is 0 Å². The molecule has 2 rings (SSSR count). The first-order chi connectivity index (χ1) is 12.0. The summed E-state index contributed by atoms with van der Waals surface area (Å²) in [6.07, 6.45) is 0. The summed E-state index contributed by atoms with van der Waals surface area (Å²) in [5.41, 5.74) is 0.968. The highest BCUT2D eigenvalue weighted by Crippen LogP contribution is 2.16. The molecule has 0 saturated carbocycles. The van der Waals surface area contributed by atoms with Crippen LogP contribution in [-0.4, -0.2) is 29.7 Å². The monoisotopic (exact) mass is 364 g/mol. The molecule has 0 spiro atoms. The van der Waals surface area contributed by atoms with Crippen molar-refractivity contribution in [1.82, 2.24) is 5.32 Å². The second-order valence-corrected chi connectivity index (χ2v) is 6.05. The molecule has 0 atom stereocenters. The molecule has 0 aliphatic heterocycles. The minimum atomic E-state index is -0.446. The van der Waals surface area contributed by atoms with E-state index in [1.807, 2.05) is 0 Å². The molecule has 8 heteroatoms. The van der Waals surface area contributed by atoms with Crippen molar-refractivity contribution in [3.05, 3.63) is 70.0 Å². The summed E-state index contributed by atoms with van der Waals surface area (Å²) in [6.45, 7) is 0.651. The van der Waals surface area contributed by atoms with Gasteiger partial charge >= 0.3 is 0 Å². The smallest absolute Gasteiger partial charge is 0.269 e. The SMILES string of the molecule is O=C(CSCc1ccc([N+](=O)[O-])cc1)NCCOc1ccc(F)cc1. The number of thioether (sulfide) groups is 1. The summed E-state index contributed by atoms with van der Waals surface area (Å²) in [6, 6.07) is 11.9. The first-order valence-electron chi connectivity index (χ1n) is 7.51. The number of carbonyl (C=O) groups is 1. The molecule has 0 fully saturated rings. The Morgan fingerprint density at radius 1 is 1.16 bits per heavy atom. The number of nitrogens with one attached hydrogen (secondary N) is 1. The number of ether oxygens (including phenoxy) is 1. The largest absolute Gasteiger partial charge is 0.492 e. The van der Waals surface area contributed by atoms with Crippen molar-refractivity contribution in [3.8, 4) is 5.75 Å². The average molecular weight is 364 g/mol. The quantitative estimate of drug-likeness (QED) is 0.420. The van der Waals surface area contributed by atoms with Gasteiger partial charge in [-0.2, -0.15) is 0 Å². The van der Waals surface area contributed by atoms with E-state index in [0.29, 0.717) is 24.7 Å². The highest BCUT2D eigenvalue weighted by atomic mass is 32.2. The van der Waals surface area contributed by atoms with Crippen LogP contribution < -0.4 is 10.1 Å². The fraction of sp³-hybridized carbons (Fsp3) is 0.235. The zero-order valence-electron chi connectivity index (χ0n) is 13.3. The normalized spacial score (nSPS) is 10.3. The minimum absolute atomic E-state index is 0.0487. The predicted octanol–water partition coefficient (Wildman–Crippen LogP) is 3.16. The molecule has 0 heterocycles. The number of carbonyl (C=O) groups excluding carboxylic acids is 1. The molecule has 2 aromatic carbocycles. The van der Waals surface area contributed by atoms with E-state index in [1.165, 1.54) is 48.2 Å². The van der Waals surface area contributed by atoms with E-state index in [1.54, 1.807) is 12.1 Å².